The van der Waals surface area contributed by atoms with Crippen molar-refractivity contribution in [3.8, 4) is 11.5 Å². The first-order chi connectivity index (χ1) is 17.7. The van der Waals surface area contributed by atoms with Gasteiger partial charge in [-0.3, -0.25) is 9.59 Å². The molecule has 200 valence electrons. The van der Waals surface area contributed by atoms with Crippen LogP contribution in [0.4, 0.5) is 0 Å². The van der Waals surface area contributed by atoms with E-state index in [0.717, 1.165) is 30.6 Å². The van der Waals surface area contributed by atoms with Crippen LogP contribution in [0.3, 0.4) is 0 Å². The topological polar surface area (TPSA) is 79.3 Å². The van der Waals surface area contributed by atoms with E-state index < -0.39 is 17.7 Å². The Morgan fingerprint density at radius 1 is 0.973 bits per heavy atom. The average Bonchev–Trinajstić information content (AvgIpc) is 3.14. The smallest absolute Gasteiger partial charge is 0.295 e. The van der Waals surface area contributed by atoms with Crippen molar-refractivity contribution >= 4 is 17.4 Å². The number of carbonyl (C=O) groups is 2. The molecule has 7 heteroatoms. The zero-order valence-electron chi connectivity index (χ0n) is 22.7. The molecule has 2 aromatic carbocycles. The summed E-state index contributed by atoms with van der Waals surface area (Å²) in [5.41, 5.74) is 1.30. The fourth-order valence-electron chi connectivity index (χ4n) is 4.18. The first-order valence-electron chi connectivity index (χ1n) is 13.1. The van der Waals surface area contributed by atoms with E-state index in [1.54, 1.807) is 29.2 Å². The molecule has 1 amide bonds. The van der Waals surface area contributed by atoms with Crippen LogP contribution in [0.5, 0.6) is 11.5 Å². The van der Waals surface area contributed by atoms with Crippen LogP contribution in [0.2, 0.25) is 0 Å². The first-order valence-corrected chi connectivity index (χ1v) is 13.1. The van der Waals surface area contributed by atoms with Crippen LogP contribution >= 0.6 is 0 Å². The summed E-state index contributed by atoms with van der Waals surface area (Å²) >= 11 is 0. The normalized spacial score (nSPS) is 17.2. The molecule has 1 fully saturated rings. The number of Topliss-reactive ketones (excluding diaryl/α,β-unsaturated/α-hetero) is 1. The summed E-state index contributed by atoms with van der Waals surface area (Å²) in [5, 5.41) is 11.3. The molecule has 7 nitrogen and oxygen atoms in total. The maximum absolute atomic E-state index is 13.2. The maximum Gasteiger partial charge on any atom is 0.295 e. The summed E-state index contributed by atoms with van der Waals surface area (Å²) in [5.74, 6) is 0.335. The van der Waals surface area contributed by atoms with Gasteiger partial charge in [-0.05, 0) is 68.4 Å². The summed E-state index contributed by atoms with van der Waals surface area (Å²) in [6.45, 7) is 8.46. The Labute approximate surface area is 220 Å². The molecule has 0 saturated carbocycles. The lowest BCUT2D eigenvalue weighted by Crippen LogP contribution is -2.35. The Morgan fingerprint density at radius 2 is 1.59 bits per heavy atom. The van der Waals surface area contributed by atoms with Crippen LogP contribution in [0.25, 0.3) is 5.76 Å². The number of aliphatic hydroxyl groups is 1. The molecule has 37 heavy (non-hydrogen) atoms. The van der Waals surface area contributed by atoms with Crippen molar-refractivity contribution in [1.29, 1.82) is 0 Å². The van der Waals surface area contributed by atoms with E-state index >= 15 is 0 Å². The fourth-order valence-corrected chi connectivity index (χ4v) is 4.18. The van der Waals surface area contributed by atoms with Crippen molar-refractivity contribution < 1.29 is 24.2 Å². The number of likely N-dealkylation sites (N-methyl/N-ethyl adjacent to an activating group) is 1. The molecule has 0 aliphatic carbocycles. The second kappa shape index (κ2) is 13.3. The van der Waals surface area contributed by atoms with E-state index in [4.69, 9.17) is 9.47 Å². The van der Waals surface area contributed by atoms with Gasteiger partial charge in [-0.15, -0.1) is 0 Å². The molecule has 0 aromatic heterocycles. The SMILES string of the molecule is CCCCCOc1ccc(C2C(=C(O)c3ccc(OCC(C)C)cc3)C(=O)C(=O)N2CCN(C)C)cc1. The van der Waals surface area contributed by atoms with Crippen molar-refractivity contribution in [2.24, 2.45) is 5.92 Å². The first kappa shape index (κ1) is 28.3. The van der Waals surface area contributed by atoms with E-state index in [2.05, 4.69) is 20.8 Å². The Kier molecular flexibility index (Phi) is 10.1. The van der Waals surface area contributed by atoms with Crippen molar-refractivity contribution in [3.05, 3.63) is 65.2 Å². The summed E-state index contributed by atoms with van der Waals surface area (Å²) in [4.78, 5) is 29.8. The molecule has 1 saturated heterocycles. The van der Waals surface area contributed by atoms with Crippen LogP contribution < -0.4 is 9.47 Å². The number of hydrogen-bond acceptors (Lipinski definition) is 6. The Balaban J connectivity index is 1.94. The summed E-state index contributed by atoms with van der Waals surface area (Å²) in [7, 11) is 3.83. The monoisotopic (exact) mass is 508 g/mol. The summed E-state index contributed by atoms with van der Waals surface area (Å²) < 4.78 is 11.6. The van der Waals surface area contributed by atoms with Crippen LogP contribution in [0, 0.1) is 5.92 Å². The van der Waals surface area contributed by atoms with E-state index in [1.165, 1.54) is 0 Å². The number of unbranched alkanes of at least 4 members (excludes halogenated alkanes) is 2. The van der Waals surface area contributed by atoms with Gasteiger partial charge in [0, 0.05) is 18.7 Å². The third kappa shape index (κ3) is 7.35. The molecule has 0 bridgehead atoms. The van der Waals surface area contributed by atoms with Gasteiger partial charge in [0.05, 0.1) is 24.8 Å². The number of rotatable bonds is 13. The third-order valence-corrected chi connectivity index (χ3v) is 6.25. The second-order valence-corrected chi connectivity index (χ2v) is 10.1. The lowest BCUT2D eigenvalue weighted by atomic mass is 9.95. The van der Waals surface area contributed by atoms with E-state index in [-0.39, 0.29) is 11.3 Å². The Bertz CT molecular complexity index is 1070. The number of ketones is 1. The molecule has 1 aliphatic rings. The molecular formula is C30H40N2O5. The van der Waals surface area contributed by atoms with Gasteiger partial charge in [0.25, 0.3) is 11.7 Å². The molecule has 2 aromatic rings. The van der Waals surface area contributed by atoms with Gasteiger partial charge in [0.2, 0.25) is 0 Å². The zero-order chi connectivity index (χ0) is 26.9. The zero-order valence-corrected chi connectivity index (χ0v) is 22.7. The molecule has 0 radical (unpaired) electrons. The van der Waals surface area contributed by atoms with E-state index in [9.17, 15) is 14.7 Å². The molecule has 1 heterocycles. The predicted octanol–water partition coefficient (Wildman–Crippen LogP) is 5.27. The standard InChI is InChI=1S/C30H40N2O5/c1-6-7-8-19-36-24-13-9-22(10-14-24)27-26(29(34)30(35)32(27)18-17-31(4)5)28(33)23-11-15-25(16-12-23)37-20-21(2)3/h9-16,21,27,33H,6-8,17-20H2,1-5H3. The van der Waals surface area contributed by atoms with Crippen molar-refractivity contribution in [2.45, 2.75) is 46.1 Å². The van der Waals surface area contributed by atoms with Gasteiger partial charge in [-0.2, -0.15) is 0 Å². The number of carbonyl (C=O) groups excluding carboxylic acids is 2. The second-order valence-electron chi connectivity index (χ2n) is 10.1. The van der Waals surface area contributed by atoms with Crippen molar-refractivity contribution in [3.63, 3.8) is 0 Å². The van der Waals surface area contributed by atoms with Crippen LogP contribution in [-0.4, -0.2) is 67.0 Å². The van der Waals surface area contributed by atoms with Crippen LogP contribution in [-0.2, 0) is 9.59 Å². The van der Waals surface area contributed by atoms with E-state index in [0.29, 0.717) is 43.5 Å². The van der Waals surface area contributed by atoms with Crippen LogP contribution in [0.1, 0.15) is 57.2 Å². The highest BCUT2D eigenvalue weighted by Crippen LogP contribution is 2.39. The fraction of sp³-hybridized carbons (Fsp3) is 0.467. The van der Waals surface area contributed by atoms with Gasteiger partial charge >= 0.3 is 0 Å². The van der Waals surface area contributed by atoms with Crippen LogP contribution in [0.15, 0.2) is 54.1 Å². The highest BCUT2D eigenvalue weighted by atomic mass is 16.5. The number of ether oxygens (including phenoxy) is 2. The highest BCUT2D eigenvalue weighted by molar-refractivity contribution is 6.46. The molecule has 0 spiro atoms. The minimum atomic E-state index is -0.689. The highest BCUT2D eigenvalue weighted by Gasteiger charge is 2.45. The molecule has 1 N–H and O–H groups in total. The third-order valence-electron chi connectivity index (χ3n) is 6.25. The van der Waals surface area contributed by atoms with Gasteiger partial charge in [-0.25, -0.2) is 0 Å². The Hall–Kier alpha value is -3.32. The lowest BCUT2D eigenvalue weighted by Gasteiger charge is -2.26. The molecule has 1 atom stereocenters. The molecular weight excluding hydrogens is 468 g/mol. The van der Waals surface area contributed by atoms with Gasteiger partial charge in [0.1, 0.15) is 17.3 Å². The van der Waals surface area contributed by atoms with Gasteiger partial charge in [-0.1, -0.05) is 45.7 Å². The van der Waals surface area contributed by atoms with Crippen molar-refractivity contribution in [2.75, 3.05) is 40.4 Å². The van der Waals surface area contributed by atoms with Gasteiger partial charge < -0.3 is 24.4 Å². The number of hydrogen-bond donors (Lipinski definition) is 1. The number of benzene rings is 2. The minimum absolute atomic E-state index is 0.0937. The van der Waals surface area contributed by atoms with Gasteiger partial charge in [0.15, 0.2) is 0 Å². The molecule has 1 unspecified atom stereocenters. The minimum Gasteiger partial charge on any atom is -0.507 e. The Morgan fingerprint density at radius 3 is 2.19 bits per heavy atom. The molecule has 1 aliphatic heterocycles. The predicted molar refractivity (Wildman–Crippen MR) is 146 cm³/mol. The number of amides is 1. The summed E-state index contributed by atoms with van der Waals surface area (Å²) in [6.07, 6.45) is 3.23. The molecule has 3 rings (SSSR count). The number of nitrogens with zero attached hydrogens (tertiary/aromatic N) is 2. The van der Waals surface area contributed by atoms with Crippen molar-refractivity contribution in [1.82, 2.24) is 9.80 Å². The summed E-state index contributed by atoms with van der Waals surface area (Å²) in [6, 6.07) is 13.7. The van der Waals surface area contributed by atoms with E-state index in [1.807, 2.05) is 43.3 Å². The largest absolute Gasteiger partial charge is 0.507 e. The lowest BCUT2D eigenvalue weighted by molar-refractivity contribution is -0.140. The average molecular weight is 509 g/mol. The maximum atomic E-state index is 13.2. The quantitative estimate of drug-likeness (QED) is 0.172. The number of likely N-dealkylation sites (tertiary alicyclic amines) is 1. The number of aliphatic hydroxyl groups excluding tert-OH is 1.